The number of amides is 2. The van der Waals surface area contributed by atoms with Crippen molar-refractivity contribution in [3.05, 3.63) is 58.2 Å². The molecule has 3 aliphatic rings. The third-order valence-corrected chi connectivity index (χ3v) is 12.7. The minimum atomic E-state index is -1.08. The molecule has 6 bridgehead atoms. The number of thiazole rings is 1. The smallest absolute Gasteiger partial charge is 0.324 e. The van der Waals surface area contributed by atoms with Crippen molar-refractivity contribution in [1.82, 2.24) is 30.3 Å². The SMILES string of the molecule is CCn1c(-c2cccnc2[C@H](C)OC)c2c3cc(ccc31)-c1csc(n1)[C@@H](OC(C)C)[C@H](NC(=O)C1[C@@H](C)[C@H]1C)C(=O)N1CCC[C@H](N1)C(=O)OCC(C)(C)C2. The van der Waals surface area contributed by atoms with Gasteiger partial charge in [-0.2, -0.15) is 0 Å². The zero-order chi connectivity index (χ0) is 40.1. The molecule has 5 heterocycles. The molecule has 1 saturated carbocycles. The number of aromatic nitrogens is 3. The molecule has 13 heteroatoms. The first-order valence-corrected chi connectivity index (χ1v) is 20.9. The molecule has 300 valence electrons. The second-order valence-corrected chi connectivity index (χ2v) is 17.7. The van der Waals surface area contributed by atoms with Gasteiger partial charge in [-0.1, -0.05) is 33.8 Å². The van der Waals surface area contributed by atoms with Gasteiger partial charge in [0.1, 0.15) is 23.2 Å². The molecular weight excluding hydrogens is 729 g/mol. The van der Waals surface area contributed by atoms with Crippen LogP contribution in [-0.4, -0.2) is 75.8 Å². The van der Waals surface area contributed by atoms with Crippen molar-refractivity contribution in [1.29, 1.82) is 0 Å². The quantitative estimate of drug-likeness (QED) is 0.181. The number of methoxy groups -OCH3 is 1. The summed E-state index contributed by atoms with van der Waals surface area (Å²) >= 11 is 1.41. The van der Waals surface area contributed by atoms with Crippen molar-refractivity contribution in [2.24, 2.45) is 23.2 Å². The van der Waals surface area contributed by atoms with Gasteiger partial charge in [0, 0.05) is 65.1 Å². The van der Waals surface area contributed by atoms with Crippen LogP contribution < -0.4 is 10.7 Å². The fourth-order valence-electron chi connectivity index (χ4n) is 8.41. The van der Waals surface area contributed by atoms with Crippen LogP contribution >= 0.6 is 11.3 Å². The number of pyridine rings is 1. The van der Waals surface area contributed by atoms with E-state index in [4.69, 9.17) is 24.2 Å². The first-order chi connectivity index (χ1) is 26.7. The number of rotatable bonds is 8. The highest BCUT2D eigenvalue weighted by Crippen LogP contribution is 2.46. The van der Waals surface area contributed by atoms with Crippen molar-refractivity contribution < 1.29 is 28.6 Å². The lowest BCUT2D eigenvalue weighted by Crippen LogP contribution is -2.61. The lowest BCUT2D eigenvalue weighted by Gasteiger charge is -2.37. The Hall–Kier alpha value is -4.17. The molecule has 0 radical (unpaired) electrons. The molecule has 1 saturated heterocycles. The van der Waals surface area contributed by atoms with Gasteiger partial charge in [0.05, 0.1) is 35.9 Å². The highest BCUT2D eigenvalue weighted by molar-refractivity contribution is 7.10. The van der Waals surface area contributed by atoms with Gasteiger partial charge >= 0.3 is 5.97 Å². The summed E-state index contributed by atoms with van der Waals surface area (Å²) in [5.74, 6) is -0.733. The van der Waals surface area contributed by atoms with Gasteiger partial charge < -0.3 is 24.1 Å². The maximum atomic E-state index is 14.6. The fourth-order valence-corrected chi connectivity index (χ4v) is 9.31. The van der Waals surface area contributed by atoms with E-state index >= 15 is 0 Å². The number of nitrogens with zero attached hydrogens (tertiary/aromatic N) is 4. The Labute approximate surface area is 333 Å². The zero-order valence-electron chi connectivity index (χ0n) is 34.0. The molecule has 56 heavy (non-hydrogen) atoms. The summed E-state index contributed by atoms with van der Waals surface area (Å²) in [5, 5.41) is 8.21. The first-order valence-electron chi connectivity index (χ1n) is 20.0. The van der Waals surface area contributed by atoms with Gasteiger partial charge in [0.25, 0.3) is 5.91 Å². The second kappa shape index (κ2) is 16.0. The molecule has 1 unspecified atom stereocenters. The lowest BCUT2D eigenvalue weighted by molar-refractivity contribution is -0.157. The lowest BCUT2D eigenvalue weighted by atomic mass is 9.84. The molecule has 4 aromatic rings. The van der Waals surface area contributed by atoms with Crippen LogP contribution in [0.25, 0.3) is 33.4 Å². The molecule has 2 aliphatic heterocycles. The maximum absolute atomic E-state index is 14.6. The standard InChI is InChI=1S/C43H56N6O6S/c1-10-48-33-16-15-27-19-29(33)30(37(48)28-13-11-17-44-35(28)26(6)53-9)20-43(7,8)22-54-42(52)31-14-12-18-49(47-31)41(51)36(46-39(50)34-24(4)25(34)5)38(55-23(2)3)40-45-32(27)21-56-40/h11,13,15-17,19,21,23-26,31,34,36,38,47H,10,12,14,18,20,22H2,1-9H3,(H,46,50)/t24-,25+,26-,31-,34?,36-,38-/m0/s1. The number of esters is 1. The van der Waals surface area contributed by atoms with E-state index in [-0.39, 0.29) is 48.4 Å². The van der Waals surface area contributed by atoms with Gasteiger partial charge in [0.15, 0.2) is 0 Å². The van der Waals surface area contributed by atoms with Gasteiger partial charge in [0.2, 0.25) is 5.91 Å². The first kappa shape index (κ1) is 40.0. The van der Waals surface area contributed by atoms with Crippen LogP contribution in [0, 0.1) is 23.2 Å². The van der Waals surface area contributed by atoms with E-state index in [0.717, 1.165) is 51.2 Å². The van der Waals surface area contributed by atoms with Crippen LogP contribution in [0.1, 0.15) is 96.7 Å². The number of ether oxygens (including phenoxy) is 3. The Kier molecular flexibility index (Phi) is 11.4. The normalized spacial score (nSPS) is 25.9. The van der Waals surface area contributed by atoms with Crippen LogP contribution in [0.2, 0.25) is 0 Å². The number of carbonyl (C=O) groups excluding carboxylic acids is 3. The van der Waals surface area contributed by atoms with Crippen LogP contribution in [-0.2, 0) is 41.6 Å². The summed E-state index contributed by atoms with van der Waals surface area (Å²) in [4.78, 5) is 52.1. The second-order valence-electron chi connectivity index (χ2n) is 16.8. The number of benzene rings is 1. The minimum Gasteiger partial charge on any atom is -0.464 e. The number of carbonyl (C=O) groups is 3. The maximum Gasteiger partial charge on any atom is 0.324 e. The van der Waals surface area contributed by atoms with Crippen molar-refractivity contribution in [3.8, 4) is 22.5 Å². The van der Waals surface area contributed by atoms with Crippen molar-refractivity contribution in [2.45, 2.75) is 112 Å². The molecule has 1 aromatic carbocycles. The summed E-state index contributed by atoms with van der Waals surface area (Å²) in [6, 6.07) is 8.69. The number of fused-ring (bicyclic) bond motifs is 6. The van der Waals surface area contributed by atoms with E-state index in [0.29, 0.717) is 30.8 Å². The summed E-state index contributed by atoms with van der Waals surface area (Å²) in [7, 11) is 1.70. The van der Waals surface area contributed by atoms with Crippen molar-refractivity contribution >= 4 is 40.0 Å². The summed E-state index contributed by atoms with van der Waals surface area (Å²) in [6.07, 6.45) is 2.12. The average molecular weight is 785 g/mol. The Morgan fingerprint density at radius 3 is 2.62 bits per heavy atom. The number of hydrazine groups is 1. The Bertz CT molecular complexity index is 2100. The highest BCUT2D eigenvalue weighted by Gasteiger charge is 2.50. The number of cyclic esters (lactones) is 1. The van der Waals surface area contributed by atoms with Crippen LogP contribution in [0.3, 0.4) is 0 Å². The van der Waals surface area contributed by atoms with Crippen LogP contribution in [0.15, 0.2) is 41.9 Å². The van der Waals surface area contributed by atoms with E-state index in [1.807, 2.05) is 32.2 Å². The monoisotopic (exact) mass is 784 g/mol. The Balaban J connectivity index is 1.40. The van der Waals surface area contributed by atoms with E-state index in [1.54, 1.807) is 13.3 Å². The van der Waals surface area contributed by atoms with Gasteiger partial charge in [-0.3, -0.25) is 24.4 Å². The molecule has 2 fully saturated rings. The number of hydrogen-bond acceptors (Lipinski definition) is 10. The largest absolute Gasteiger partial charge is 0.464 e. The Morgan fingerprint density at radius 1 is 1.16 bits per heavy atom. The predicted octanol–water partition coefficient (Wildman–Crippen LogP) is 7.03. The average Bonchev–Trinajstić information content (AvgIpc) is 3.47. The minimum absolute atomic E-state index is 0.167. The topological polar surface area (TPSA) is 137 Å². The fraction of sp³-hybridized carbons (Fsp3) is 0.558. The van der Waals surface area contributed by atoms with E-state index in [2.05, 4.69) is 74.2 Å². The van der Waals surface area contributed by atoms with Gasteiger partial charge in [-0.05, 0) is 88.6 Å². The molecule has 1 aliphatic carbocycles. The summed E-state index contributed by atoms with van der Waals surface area (Å²) in [5.41, 5.74) is 9.47. The zero-order valence-corrected chi connectivity index (χ0v) is 34.9. The molecule has 2 amide bonds. The van der Waals surface area contributed by atoms with E-state index in [9.17, 15) is 14.4 Å². The number of hydrogen-bond donors (Lipinski definition) is 2. The van der Waals surface area contributed by atoms with E-state index < -0.39 is 29.6 Å². The summed E-state index contributed by atoms with van der Waals surface area (Å²) in [6.45, 7) is 17.6. The van der Waals surface area contributed by atoms with E-state index in [1.165, 1.54) is 16.3 Å². The van der Waals surface area contributed by atoms with Gasteiger partial charge in [-0.25, -0.2) is 10.4 Å². The third-order valence-electron chi connectivity index (χ3n) is 11.8. The number of aryl methyl sites for hydroxylation is 1. The van der Waals surface area contributed by atoms with Gasteiger partial charge in [-0.15, -0.1) is 11.3 Å². The number of nitrogens with one attached hydrogen (secondary N) is 2. The molecule has 7 atom stereocenters. The molecule has 0 spiro atoms. The molecule has 3 aromatic heterocycles. The van der Waals surface area contributed by atoms with Crippen LogP contribution in [0.5, 0.6) is 0 Å². The molecular formula is C43H56N6O6S. The predicted molar refractivity (Wildman–Crippen MR) is 216 cm³/mol. The highest BCUT2D eigenvalue weighted by atomic mass is 32.1. The van der Waals surface area contributed by atoms with Crippen LogP contribution in [0.4, 0.5) is 0 Å². The summed E-state index contributed by atoms with van der Waals surface area (Å²) < 4.78 is 20.8. The molecule has 12 nitrogen and oxygen atoms in total. The Morgan fingerprint density at radius 2 is 1.93 bits per heavy atom. The van der Waals surface area contributed by atoms with Crippen molar-refractivity contribution in [3.63, 3.8) is 0 Å². The molecule has 2 N–H and O–H groups in total. The van der Waals surface area contributed by atoms with Crippen molar-refractivity contribution in [2.75, 3.05) is 20.3 Å². The third kappa shape index (κ3) is 7.75. The molecule has 7 rings (SSSR count).